The molecule has 0 aliphatic rings. The number of hydrogen-bond donors (Lipinski definition) is 0. The van der Waals surface area contributed by atoms with Crippen molar-refractivity contribution >= 4 is 32.3 Å². The van der Waals surface area contributed by atoms with Crippen LogP contribution in [0.4, 0.5) is 0 Å². The molecule has 0 saturated heterocycles. The Labute approximate surface area is 48.8 Å². The summed E-state index contributed by atoms with van der Waals surface area (Å²) in [5.74, 6) is 0. The van der Waals surface area contributed by atoms with Gasteiger partial charge in [0.25, 0.3) is 8.05 Å². The zero-order chi connectivity index (χ0) is 5.86. The summed E-state index contributed by atoms with van der Waals surface area (Å²) < 4.78 is 7.07. The molecule has 0 aromatic heterocycles. The maximum atomic E-state index is 5.00. The van der Waals surface area contributed by atoms with E-state index in [2.05, 4.69) is 11.2 Å². The molecule has 0 bridgehead atoms. The highest BCUT2D eigenvalue weighted by Gasteiger charge is 1.97. The van der Waals surface area contributed by atoms with E-state index in [1.165, 1.54) is 0 Å². The van der Waals surface area contributed by atoms with Gasteiger partial charge < -0.3 is 8.93 Å². The third kappa shape index (κ3) is 3.16. The largest absolute Gasteiger partial charge is 0.414 e. The predicted molar refractivity (Wildman–Crippen MR) is 41.4 cm³/mol. The molecular weight excluding hydrogens is 105 g/mol. The van der Waals surface area contributed by atoms with Gasteiger partial charge in [-0.05, 0) is 6.66 Å². The van der Waals surface area contributed by atoms with Crippen molar-refractivity contribution in [2.45, 2.75) is 0 Å². The fraction of sp³-hybridized carbons (Fsp3) is 1.00. The highest BCUT2D eigenvalue weighted by Crippen LogP contribution is 2.30. The minimum Gasteiger partial charge on any atom is -0.414 e. The van der Waals surface area contributed by atoms with Crippen molar-refractivity contribution in [3.63, 3.8) is 0 Å². The fourth-order valence-electron chi connectivity index (χ4n) is 0.163. The van der Waals surface area contributed by atoms with Crippen molar-refractivity contribution in [3.05, 3.63) is 0 Å². The average Bonchev–Trinajstić information content (AvgIpc) is 1.65. The van der Waals surface area contributed by atoms with Crippen molar-refractivity contribution in [3.8, 4) is 0 Å². The van der Waals surface area contributed by atoms with Gasteiger partial charge in [-0.25, -0.2) is 0 Å². The highest BCUT2D eigenvalue weighted by atomic mass is 31.2. The molecule has 1 unspecified atom stereocenters. The Hall–Kier alpha value is 0.545. The third-order valence-electron chi connectivity index (χ3n) is 0.828. The summed E-state index contributed by atoms with van der Waals surface area (Å²) in [6.45, 7) is 2.06. The van der Waals surface area contributed by atoms with Gasteiger partial charge in [0.15, 0.2) is 16.0 Å². The second-order valence-corrected chi connectivity index (χ2v) is 3.59. The first-order valence-corrected chi connectivity index (χ1v) is 3.79. The van der Waals surface area contributed by atoms with Crippen molar-refractivity contribution in [2.24, 2.45) is 0 Å². The van der Waals surface area contributed by atoms with E-state index in [9.17, 15) is 0 Å². The SMILES string of the molecule is BOP(C)N(B)B. The molecule has 0 aliphatic heterocycles. The minimum atomic E-state index is -0.304. The second kappa shape index (κ2) is 3.53. The summed E-state index contributed by atoms with van der Waals surface area (Å²) in [6, 6.07) is 0. The Morgan fingerprint density at radius 2 is 2.00 bits per heavy atom. The minimum absolute atomic E-state index is 0.304. The molecule has 0 rings (SSSR count). The number of hydrogen-bond acceptors (Lipinski definition) is 2. The fourth-order valence-corrected chi connectivity index (χ4v) is 0.490. The number of nitrogens with zero attached hydrogens (tertiary/aromatic N) is 1. The number of rotatable bonds is 2. The molecule has 0 aromatic rings. The molecule has 0 spiro atoms. The monoisotopic (exact) mass is 115 g/mol. The summed E-state index contributed by atoms with van der Waals surface area (Å²) in [5, 5.41) is 0. The van der Waals surface area contributed by atoms with Crippen LogP contribution in [-0.4, -0.2) is 35.2 Å². The Balaban J connectivity index is 3.14. The Kier molecular flexibility index (Phi) is 3.81. The molecular formula is CH9B3NOP. The molecule has 7 heavy (non-hydrogen) atoms. The van der Waals surface area contributed by atoms with Crippen LogP contribution in [0, 0.1) is 0 Å². The van der Waals surface area contributed by atoms with E-state index < -0.39 is 0 Å². The van der Waals surface area contributed by atoms with Crippen molar-refractivity contribution in [2.75, 3.05) is 6.66 Å². The van der Waals surface area contributed by atoms with E-state index in [0.29, 0.717) is 0 Å². The van der Waals surface area contributed by atoms with Gasteiger partial charge >= 0.3 is 0 Å². The third-order valence-corrected chi connectivity index (χ3v) is 2.48. The van der Waals surface area contributed by atoms with E-state index in [1.54, 1.807) is 8.05 Å². The molecule has 0 aromatic carbocycles. The Bertz CT molecular complexity index is 52.2. The van der Waals surface area contributed by atoms with Crippen molar-refractivity contribution in [1.29, 1.82) is 0 Å². The smallest absolute Gasteiger partial charge is 0.264 e. The maximum absolute atomic E-state index is 5.00. The van der Waals surface area contributed by atoms with Crippen LogP contribution in [0.25, 0.3) is 0 Å². The van der Waals surface area contributed by atoms with Gasteiger partial charge in [0.05, 0.1) is 8.30 Å². The molecule has 38 valence electrons. The van der Waals surface area contributed by atoms with Crippen LogP contribution in [0.5, 0.6) is 0 Å². The van der Waals surface area contributed by atoms with Crippen molar-refractivity contribution in [1.82, 2.24) is 4.49 Å². The molecule has 0 fully saturated rings. The van der Waals surface area contributed by atoms with Crippen LogP contribution in [0.1, 0.15) is 0 Å². The summed E-state index contributed by atoms with van der Waals surface area (Å²) in [6.07, 6.45) is 0. The van der Waals surface area contributed by atoms with Gasteiger partial charge in [-0.2, -0.15) is 0 Å². The first-order valence-electron chi connectivity index (χ1n) is 2.13. The standard InChI is InChI=1S/CH9B3NOP/c1-7(6-4)5(2)3/h2-4H2,1H3. The highest BCUT2D eigenvalue weighted by molar-refractivity contribution is 7.52. The van der Waals surface area contributed by atoms with Gasteiger partial charge in [-0.1, -0.05) is 0 Å². The topological polar surface area (TPSA) is 12.5 Å². The summed E-state index contributed by atoms with van der Waals surface area (Å²) in [4.78, 5) is 0. The predicted octanol–water partition coefficient (Wildman–Crippen LogP) is -2.11. The van der Waals surface area contributed by atoms with E-state index in [4.69, 9.17) is 4.44 Å². The van der Waals surface area contributed by atoms with Crippen LogP contribution >= 0.6 is 8.30 Å². The normalized spacial score (nSPS) is 14.6. The lowest BCUT2D eigenvalue weighted by Gasteiger charge is -2.17. The van der Waals surface area contributed by atoms with Gasteiger partial charge in [0, 0.05) is 0 Å². The molecule has 0 radical (unpaired) electrons. The van der Waals surface area contributed by atoms with Gasteiger partial charge in [-0.15, -0.1) is 0 Å². The van der Waals surface area contributed by atoms with Crippen LogP contribution in [0.3, 0.4) is 0 Å². The molecule has 0 aliphatic carbocycles. The lowest BCUT2D eigenvalue weighted by molar-refractivity contribution is 0.666. The van der Waals surface area contributed by atoms with Crippen LogP contribution in [-0.2, 0) is 4.44 Å². The summed E-state index contributed by atoms with van der Waals surface area (Å²) in [7, 11) is 5.44. The summed E-state index contributed by atoms with van der Waals surface area (Å²) >= 11 is 0. The van der Waals surface area contributed by atoms with Crippen LogP contribution < -0.4 is 0 Å². The zero-order valence-corrected chi connectivity index (χ0v) is 6.20. The van der Waals surface area contributed by atoms with Gasteiger partial charge in [-0.3, -0.25) is 0 Å². The first-order chi connectivity index (χ1) is 3.18. The van der Waals surface area contributed by atoms with Gasteiger partial charge in [0.1, 0.15) is 0 Å². The van der Waals surface area contributed by atoms with E-state index >= 15 is 0 Å². The van der Waals surface area contributed by atoms with Gasteiger partial charge in [0.2, 0.25) is 0 Å². The molecule has 2 nitrogen and oxygen atoms in total. The maximum Gasteiger partial charge on any atom is 0.264 e. The second-order valence-electron chi connectivity index (χ2n) is 1.49. The molecule has 0 saturated carbocycles. The summed E-state index contributed by atoms with van der Waals surface area (Å²) in [5.41, 5.74) is 0. The quantitative estimate of drug-likeness (QED) is 0.301. The molecule has 0 heterocycles. The van der Waals surface area contributed by atoms with Crippen LogP contribution in [0.2, 0.25) is 0 Å². The lowest BCUT2D eigenvalue weighted by Crippen LogP contribution is -2.08. The molecule has 0 amide bonds. The van der Waals surface area contributed by atoms with Crippen LogP contribution in [0.15, 0.2) is 0 Å². The van der Waals surface area contributed by atoms with E-state index in [-0.39, 0.29) is 8.30 Å². The lowest BCUT2D eigenvalue weighted by atomic mass is 10.3. The van der Waals surface area contributed by atoms with E-state index in [0.717, 1.165) is 0 Å². The molecule has 0 N–H and O–H groups in total. The van der Waals surface area contributed by atoms with E-state index in [1.807, 2.05) is 16.0 Å². The Morgan fingerprint density at radius 1 is 1.57 bits per heavy atom. The zero-order valence-electron chi connectivity index (χ0n) is 5.30. The molecule has 1 atom stereocenters. The Morgan fingerprint density at radius 3 is 2.00 bits per heavy atom. The first kappa shape index (κ1) is 7.54. The van der Waals surface area contributed by atoms with Crippen molar-refractivity contribution < 1.29 is 4.44 Å². The molecule has 6 heteroatoms. The average molecular weight is 114 g/mol.